The fraction of sp³-hybridized carbons (Fsp3) is 0.200. The Kier molecular flexibility index (Phi) is 5.30. The van der Waals surface area contributed by atoms with Crippen LogP contribution in [-0.2, 0) is 4.79 Å². The van der Waals surface area contributed by atoms with Crippen LogP contribution >= 0.6 is 0 Å². The van der Waals surface area contributed by atoms with Gasteiger partial charge in [0.2, 0.25) is 5.91 Å². The number of nitrogens with one attached hydrogen (secondary N) is 1. The molecule has 0 saturated carbocycles. The van der Waals surface area contributed by atoms with Gasteiger partial charge in [-0.3, -0.25) is 19.9 Å². The van der Waals surface area contributed by atoms with Gasteiger partial charge in [0.05, 0.1) is 11.0 Å². The van der Waals surface area contributed by atoms with E-state index in [0.717, 1.165) is 5.39 Å². The van der Waals surface area contributed by atoms with Crippen LogP contribution in [-0.4, -0.2) is 20.9 Å². The van der Waals surface area contributed by atoms with E-state index in [1.165, 1.54) is 12.1 Å². The zero-order chi connectivity index (χ0) is 19.4. The number of benzene rings is 2. The van der Waals surface area contributed by atoms with E-state index >= 15 is 0 Å². The van der Waals surface area contributed by atoms with E-state index in [4.69, 9.17) is 0 Å². The van der Waals surface area contributed by atoms with Gasteiger partial charge in [0.25, 0.3) is 5.69 Å². The first-order chi connectivity index (χ1) is 13.0. The third-order valence-electron chi connectivity index (χ3n) is 4.29. The van der Waals surface area contributed by atoms with Gasteiger partial charge in [0, 0.05) is 35.7 Å². The highest BCUT2D eigenvalue weighted by Crippen LogP contribution is 2.35. The summed E-state index contributed by atoms with van der Waals surface area (Å²) in [5, 5.41) is 25.5. The Morgan fingerprint density at radius 1 is 1.26 bits per heavy atom. The molecule has 1 heterocycles. The number of pyridine rings is 1. The molecule has 0 aliphatic carbocycles. The smallest absolute Gasteiger partial charge is 0.269 e. The summed E-state index contributed by atoms with van der Waals surface area (Å²) >= 11 is 0. The lowest BCUT2D eigenvalue weighted by Gasteiger charge is -2.21. The standard InChI is InChI=1S/C20H19N3O4/c1-2-5-17(24)22-18(14-6-3-8-15(12-14)23(26)27)16-10-9-13-7-4-11-21-19(13)20(16)25/h3-4,6-12,18,25H,2,5H2,1H3,(H,22,24)/t18-/m1/s1. The van der Waals surface area contributed by atoms with E-state index in [9.17, 15) is 20.0 Å². The molecule has 0 saturated heterocycles. The predicted octanol–water partition coefficient (Wildman–Crippen LogP) is 3.85. The van der Waals surface area contributed by atoms with Crippen molar-refractivity contribution in [3.63, 3.8) is 0 Å². The van der Waals surface area contributed by atoms with Crippen molar-refractivity contribution in [3.05, 3.63) is 76.0 Å². The number of aromatic hydroxyl groups is 1. The summed E-state index contributed by atoms with van der Waals surface area (Å²) in [4.78, 5) is 27.1. The van der Waals surface area contributed by atoms with Crippen LogP contribution in [0.15, 0.2) is 54.7 Å². The van der Waals surface area contributed by atoms with E-state index in [1.54, 1.807) is 36.5 Å². The maximum Gasteiger partial charge on any atom is 0.269 e. The molecule has 7 nitrogen and oxygen atoms in total. The fourth-order valence-corrected chi connectivity index (χ4v) is 3.00. The molecule has 138 valence electrons. The number of hydrogen-bond acceptors (Lipinski definition) is 5. The van der Waals surface area contributed by atoms with Gasteiger partial charge in [-0.25, -0.2) is 0 Å². The minimum Gasteiger partial charge on any atom is -0.505 e. The molecule has 3 aromatic rings. The van der Waals surface area contributed by atoms with Gasteiger partial charge in [-0.05, 0) is 18.1 Å². The maximum absolute atomic E-state index is 12.3. The first-order valence-corrected chi connectivity index (χ1v) is 8.61. The molecule has 1 aromatic heterocycles. The van der Waals surface area contributed by atoms with Gasteiger partial charge < -0.3 is 10.4 Å². The Bertz CT molecular complexity index is 1000. The molecular formula is C20H19N3O4. The number of hydrogen-bond donors (Lipinski definition) is 2. The average molecular weight is 365 g/mol. The third-order valence-corrected chi connectivity index (χ3v) is 4.29. The van der Waals surface area contributed by atoms with E-state index in [0.29, 0.717) is 29.5 Å². The van der Waals surface area contributed by atoms with Gasteiger partial charge in [-0.2, -0.15) is 0 Å². The van der Waals surface area contributed by atoms with Crippen molar-refractivity contribution in [1.82, 2.24) is 10.3 Å². The first-order valence-electron chi connectivity index (χ1n) is 8.61. The molecule has 2 N–H and O–H groups in total. The number of non-ortho nitro benzene ring substituents is 1. The lowest BCUT2D eigenvalue weighted by Crippen LogP contribution is -2.29. The number of carbonyl (C=O) groups is 1. The van der Waals surface area contributed by atoms with Gasteiger partial charge >= 0.3 is 0 Å². The van der Waals surface area contributed by atoms with Crippen molar-refractivity contribution in [2.75, 3.05) is 0 Å². The highest BCUT2D eigenvalue weighted by Gasteiger charge is 2.23. The molecule has 0 unspecified atom stereocenters. The molecule has 1 amide bonds. The molecule has 1 atom stereocenters. The second-order valence-electron chi connectivity index (χ2n) is 6.18. The highest BCUT2D eigenvalue weighted by molar-refractivity contribution is 5.86. The van der Waals surface area contributed by atoms with Gasteiger partial charge in [0.1, 0.15) is 11.3 Å². The fourth-order valence-electron chi connectivity index (χ4n) is 3.00. The van der Waals surface area contributed by atoms with Crippen LogP contribution in [0, 0.1) is 10.1 Å². The summed E-state index contributed by atoms with van der Waals surface area (Å²) in [6.07, 6.45) is 2.56. The number of nitro benzene ring substituents is 1. The van der Waals surface area contributed by atoms with Crippen molar-refractivity contribution in [2.45, 2.75) is 25.8 Å². The normalized spacial score (nSPS) is 11.9. The third kappa shape index (κ3) is 3.87. The second-order valence-corrected chi connectivity index (χ2v) is 6.18. The SMILES string of the molecule is CCCC(=O)N[C@H](c1cccc([N+](=O)[O-])c1)c1ccc2cccnc2c1O. The van der Waals surface area contributed by atoms with Crippen molar-refractivity contribution < 1.29 is 14.8 Å². The molecule has 0 aliphatic heterocycles. The lowest BCUT2D eigenvalue weighted by molar-refractivity contribution is -0.384. The van der Waals surface area contributed by atoms with Crippen molar-refractivity contribution in [3.8, 4) is 5.75 Å². The van der Waals surface area contributed by atoms with Crippen LogP contribution in [0.3, 0.4) is 0 Å². The van der Waals surface area contributed by atoms with Crippen LogP contribution in [0.25, 0.3) is 10.9 Å². The Morgan fingerprint density at radius 3 is 2.81 bits per heavy atom. The number of rotatable bonds is 6. The summed E-state index contributed by atoms with van der Waals surface area (Å²) in [5.74, 6) is -0.254. The number of phenolic OH excluding ortho intramolecular Hbond substituents is 1. The molecule has 0 radical (unpaired) electrons. The summed E-state index contributed by atoms with van der Waals surface area (Å²) < 4.78 is 0. The van der Waals surface area contributed by atoms with Crippen molar-refractivity contribution in [2.24, 2.45) is 0 Å². The topological polar surface area (TPSA) is 105 Å². The molecule has 0 fully saturated rings. The Balaban J connectivity index is 2.13. The number of fused-ring (bicyclic) bond motifs is 1. The van der Waals surface area contributed by atoms with Crippen LogP contribution < -0.4 is 5.32 Å². The monoisotopic (exact) mass is 365 g/mol. The van der Waals surface area contributed by atoms with Crippen molar-refractivity contribution >= 4 is 22.5 Å². The Labute approximate surface area is 155 Å². The largest absolute Gasteiger partial charge is 0.505 e. The van der Waals surface area contributed by atoms with Gasteiger partial charge in [-0.15, -0.1) is 0 Å². The van der Waals surface area contributed by atoms with Gasteiger partial charge in [0.15, 0.2) is 0 Å². The number of nitro groups is 1. The number of carbonyl (C=O) groups excluding carboxylic acids is 1. The molecule has 0 bridgehead atoms. The number of nitrogens with zero attached hydrogens (tertiary/aromatic N) is 2. The molecule has 27 heavy (non-hydrogen) atoms. The highest BCUT2D eigenvalue weighted by atomic mass is 16.6. The second kappa shape index (κ2) is 7.82. The van der Waals surface area contributed by atoms with Crippen molar-refractivity contribution in [1.29, 1.82) is 0 Å². The maximum atomic E-state index is 12.3. The number of amides is 1. The zero-order valence-electron chi connectivity index (χ0n) is 14.8. The molecule has 0 aliphatic rings. The summed E-state index contributed by atoms with van der Waals surface area (Å²) in [6, 6.07) is 12.4. The first kappa shape index (κ1) is 18.3. The zero-order valence-corrected chi connectivity index (χ0v) is 14.8. The quantitative estimate of drug-likeness (QED) is 0.510. The van der Waals surface area contributed by atoms with Crippen LogP contribution in [0.1, 0.15) is 36.9 Å². The molecule has 3 rings (SSSR count). The van der Waals surface area contributed by atoms with Crippen LogP contribution in [0.5, 0.6) is 5.75 Å². The van der Waals surface area contributed by atoms with Gasteiger partial charge in [-0.1, -0.05) is 37.3 Å². The lowest BCUT2D eigenvalue weighted by atomic mass is 9.95. The number of aromatic nitrogens is 1. The average Bonchev–Trinajstić information content (AvgIpc) is 2.67. The van der Waals surface area contributed by atoms with E-state index in [1.807, 2.05) is 13.0 Å². The minimum atomic E-state index is -0.727. The van der Waals surface area contributed by atoms with E-state index < -0.39 is 11.0 Å². The molecule has 7 heteroatoms. The van der Waals surface area contributed by atoms with E-state index in [2.05, 4.69) is 10.3 Å². The number of phenols is 1. The van der Waals surface area contributed by atoms with E-state index in [-0.39, 0.29) is 17.3 Å². The summed E-state index contributed by atoms with van der Waals surface area (Å²) in [5.41, 5.74) is 1.28. The minimum absolute atomic E-state index is 0.0543. The Hall–Kier alpha value is -3.48. The predicted molar refractivity (Wildman–Crippen MR) is 101 cm³/mol. The summed E-state index contributed by atoms with van der Waals surface area (Å²) in [7, 11) is 0. The van der Waals surface area contributed by atoms with Crippen LogP contribution in [0.2, 0.25) is 0 Å². The summed E-state index contributed by atoms with van der Waals surface area (Å²) in [6.45, 7) is 1.89. The molecule has 0 spiro atoms. The molecule has 2 aromatic carbocycles. The Morgan fingerprint density at radius 2 is 2.07 bits per heavy atom. The molecular weight excluding hydrogens is 346 g/mol. The van der Waals surface area contributed by atoms with Crippen LogP contribution in [0.4, 0.5) is 5.69 Å².